The third-order valence-corrected chi connectivity index (χ3v) is 2.76. The van der Waals surface area contributed by atoms with Crippen molar-refractivity contribution in [3.8, 4) is 0 Å². The minimum Gasteiger partial charge on any atom is -0.396 e. The monoisotopic (exact) mass is 227 g/mol. The number of hydrogen-bond donors (Lipinski definition) is 1. The first-order valence-electron chi connectivity index (χ1n) is 5.93. The maximum absolute atomic E-state index is 5.78. The van der Waals surface area contributed by atoms with Crippen LogP contribution in [0.4, 0.5) is 5.69 Å². The molecule has 0 atom stereocenters. The molecule has 0 amide bonds. The minimum atomic E-state index is 0.691. The molecule has 0 aliphatic rings. The van der Waals surface area contributed by atoms with E-state index in [0.717, 1.165) is 30.8 Å². The number of benzene rings is 1. The molecule has 3 heteroatoms. The Morgan fingerprint density at radius 2 is 1.88 bits per heavy atom. The minimum absolute atomic E-state index is 0.691. The van der Waals surface area contributed by atoms with Crippen LogP contribution in [-0.2, 0) is 19.3 Å². The lowest BCUT2D eigenvalue weighted by molar-refractivity contribution is 0.835. The fraction of sp³-hybridized carbons (Fsp3) is 0.286. The summed E-state index contributed by atoms with van der Waals surface area (Å²) in [7, 11) is 0. The van der Waals surface area contributed by atoms with E-state index in [9.17, 15) is 0 Å². The number of rotatable bonds is 4. The molecule has 0 fully saturated rings. The summed E-state index contributed by atoms with van der Waals surface area (Å²) in [6.45, 7) is 2.06. The molecule has 0 bridgehead atoms. The smallest absolute Gasteiger partial charge is 0.129 e. The van der Waals surface area contributed by atoms with E-state index in [1.807, 2.05) is 6.07 Å². The van der Waals surface area contributed by atoms with Crippen LogP contribution in [0.1, 0.15) is 24.0 Å². The third kappa shape index (κ3) is 3.03. The molecule has 0 spiro atoms. The number of nitrogens with zero attached hydrogens (tertiary/aromatic N) is 2. The van der Waals surface area contributed by atoms with Gasteiger partial charge in [0.05, 0.1) is 17.6 Å². The first-order chi connectivity index (χ1) is 8.29. The molecule has 88 valence electrons. The maximum Gasteiger partial charge on any atom is 0.129 e. The van der Waals surface area contributed by atoms with Crippen molar-refractivity contribution >= 4 is 5.69 Å². The van der Waals surface area contributed by atoms with Crippen LogP contribution in [0.5, 0.6) is 0 Å². The van der Waals surface area contributed by atoms with E-state index in [-0.39, 0.29) is 0 Å². The van der Waals surface area contributed by atoms with Gasteiger partial charge >= 0.3 is 0 Å². The van der Waals surface area contributed by atoms with Crippen LogP contribution in [0.25, 0.3) is 0 Å². The fourth-order valence-corrected chi connectivity index (χ4v) is 1.77. The zero-order valence-corrected chi connectivity index (χ0v) is 10.1. The molecule has 0 aliphatic heterocycles. The maximum atomic E-state index is 5.78. The molecule has 1 aromatic carbocycles. The van der Waals surface area contributed by atoms with Gasteiger partial charge in [-0.2, -0.15) is 0 Å². The van der Waals surface area contributed by atoms with Crippen molar-refractivity contribution < 1.29 is 0 Å². The summed E-state index contributed by atoms with van der Waals surface area (Å²) in [5, 5.41) is 0. The molecule has 17 heavy (non-hydrogen) atoms. The van der Waals surface area contributed by atoms with E-state index < -0.39 is 0 Å². The van der Waals surface area contributed by atoms with Crippen molar-refractivity contribution in [3.63, 3.8) is 0 Å². The van der Waals surface area contributed by atoms with E-state index in [0.29, 0.717) is 5.69 Å². The van der Waals surface area contributed by atoms with E-state index in [1.54, 1.807) is 6.20 Å². The van der Waals surface area contributed by atoms with Crippen molar-refractivity contribution in [1.29, 1.82) is 0 Å². The predicted octanol–water partition coefficient (Wildman–Crippen LogP) is 2.41. The molecule has 0 saturated heterocycles. The highest BCUT2D eigenvalue weighted by atomic mass is 14.9. The van der Waals surface area contributed by atoms with Crippen molar-refractivity contribution in [1.82, 2.24) is 9.97 Å². The van der Waals surface area contributed by atoms with Crippen LogP contribution in [-0.4, -0.2) is 9.97 Å². The number of aryl methyl sites for hydroxylation is 3. The SMILES string of the molecule is CCc1nc(CCc2ccccc2)ncc1N. The van der Waals surface area contributed by atoms with Crippen LogP contribution in [0.3, 0.4) is 0 Å². The second kappa shape index (κ2) is 5.43. The highest BCUT2D eigenvalue weighted by molar-refractivity contribution is 5.40. The molecule has 3 nitrogen and oxygen atoms in total. The summed E-state index contributed by atoms with van der Waals surface area (Å²) in [5.74, 6) is 0.875. The first kappa shape index (κ1) is 11.6. The number of aromatic nitrogens is 2. The quantitative estimate of drug-likeness (QED) is 0.872. The molecule has 0 aliphatic carbocycles. The van der Waals surface area contributed by atoms with Crippen molar-refractivity contribution in [2.45, 2.75) is 26.2 Å². The largest absolute Gasteiger partial charge is 0.396 e. The van der Waals surface area contributed by atoms with Crippen LogP contribution in [0.15, 0.2) is 36.5 Å². The average Bonchev–Trinajstić information content (AvgIpc) is 2.39. The van der Waals surface area contributed by atoms with Gasteiger partial charge in [0.25, 0.3) is 0 Å². The van der Waals surface area contributed by atoms with E-state index in [1.165, 1.54) is 5.56 Å². The Balaban J connectivity index is 2.04. The molecule has 2 aromatic rings. The number of hydrogen-bond acceptors (Lipinski definition) is 3. The second-order valence-electron chi connectivity index (χ2n) is 4.03. The van der Waals surface area contributed by atoms with Gasteiger partial charge in [-0.3, -0.25) is 0 Å². The van der Waals surface area contributed by atoms with Gasteiger partial charge in [0, 0.05) is 6.42 Å². The fourth-order valence-electron chi connectivity index (χ4n) is 1.77. The van der Waals surface area contributed by atoms with Crippen molar-refractivity contribution in [2.24, 2.45) is 0 Å². The highest BCUT2D eigenvalue weighted by Crippen LogP contribution is 2.09. The van der Waals surface area contributed by atoms with Gasteiger partial charge in [-0.1, -0.05) is 37.3 Å². The Bertz CT molecular complexity index is 480. The zero-order chi connectivity index (χ0) is 12.1. The molecule has 0 radical (unpaired) electrons. The van der Waals surface area contributed by atoms with Crippen LogP contribution < -0.4 is 5.73 Å². The summed E-state index contributed by atoms with van der Waals surface area (Å²) in [6, 6.07) is 10.4. The molecular formula is C14H17N3. The number of nitrogen functional groups attached to an aromatic ring is 1. The Kier molecular flexibility index (Phi) is 3.70. The molecule has 0 unspecified atom stereocenters. The van der Waals surface area contributed by atoms with E-state index in [2.05, 4.69) is 41.2 Å². The molecule has 1 heterocycles. The van der Waals surface area contributed by atoms with Gasteiger partial charge in [-0.15, -0.1) is 0 Å². The first-order valence-corrected chi connectivity index (χ1v) is 5.93. The average molecular weight is 227 g/mol. The van der Waals surface area contributed by atoms with Gasteiger partial charge in [0.2, 0.25) is 0 Å². The summed E-state index contributed by atoms with van der Waals surface area (Å²) in [6.07, 6.45) is 4.39. The van der Waals surface area contributed by atoms with E-state index >= 15 is 0 Å². The molecule has 0 saturated carbocycles. The summed E-state index contributed by atoms with van der Waals surface area (Å²) in [5.41, 5.74) is 8.73. The predicted molar refractivity (Wildman–Crippen MR) is 69.7 cm³/mol. The number of anilines is 1. The van der Waals surface area contributed by atoms with Crippen molar-refractivity contribution in [2.75, 3.05) is 5.73 Å². The standard InChI is InChI=1S/C14H17N3/c1-2-13-12(15)10-16-14(17-13)9-8-11-6-4-3-5-7-11/h3-7,10H,2,8-9,15H2,1H3. The Labute approximate surface area is 102 Å². The lowest BCUT2D eigenvalue weighted by Gasteiger charge is -2.05. The topological polar surface area (TPSA) is 51.8 Å². The van der Waals surface area contributed by atoms with Gasteiger partial charge in [0.1, 0.15) is 5.82 Å². The summed E-state index contributed by atoms with van der Waals surface area (Å²) >= 11 is 0. The van der Waals surface area contributed by atoms with Gasteiger partial charge < -0.3 is 5.73 Å². The summed E-state index contributed by atoms with van der Waals surface area (Å²) in [4.78, 5) is 8.74. The highest BCUT2D eigenvalue weighted by Gasteiger charge is 2.03. The molecular weight excluding hydrogens is 210 g/mol. The normalized spacial score (nSPS) is 10.4. The van der Waals surface area contributed by atoms with Gasteiger partial charge in [-0.05, 0) is 18.4 Å². The van der Waals surface area contributed by atoms with E-state index in [4.69, 9.17) is 5.73 Å². The lowest BCUT2D eigenvalue weighted by atomic mass is 10.1. The van der Waals surface area contributed by atoms with Crippen LogP contribution in [0, 0.1) is 0 Å². The Morgan fingerprint density at radius 1 is 1.12 bits per heavy atom. The van der Waals surface area contributed by atoms with Crippen LogP contribution >= 0.6 is 0 Å². The third-order valence-electron chi connectivity index (χ3n) is 2.76. The Morgan fingerprint density at radius 3 is 2.59 bits per heavy atom. The number of nitrogens with two attached hydrogens (primary N) is 1. The van der Waals surface area contributed by atoms with Crippen LogP contribution in [0.2, 0.25) is 0 Å². The van der Waals surface area contributed by atoms with Gasteiger partial charge in [-0.25, -0.2) is 9.97 Å². The molecule has 2 rings (SSSR count). The zero-order valence-electron chi connectivity index (χ0n) is 10.1. The van der Waals surface area contributed by atoms with Gasteiger partial charge in [0.15, 0.2) is 0 Å². The summed E-state index contributed by atoms with van der Waals surface area (Å²) < 4.78 is 0. The Hall–Kier alpha value is -1.90. The molecule has 2 N–H and O–H groups in total. The van der Waals surface area contributed by atoms with Crippen molar-refractivity contribution in [3.05, 3.63) is 53.6 Å². The second-order valence-corrected chi connectivity index (χ2v) is 4.03. The molecule has 1 aromatic heterocycles. The lowest BCUT2D eigenvalue weighted by Crippen LogP contribution is -2.04.